The lowest BCUT2D eigenvalue weighted by Gasteiger charge is -2.06. The standard InChI is InChI=1S/C11H13F3N4O/c1-2-19-10(16)18-9(15)17-8-5-3-4-7(6-8)11(12,13)14/h3-6H,2H2,1H3,(H4,15,16,17,18). The zero-order valence-corrected chi connectivity index (χ0v) is 10.1. The number of benzene rings is 1. The minimum atomic E-state index is -4.44. The van der Waals surface area contributed by atoms with Gasteiger partial charge in [0.15, 0.2) is 0 Å². The number of rotatable bonds is 2. The Kier molecular flexibility index (Phi) is 4.74. The zero-order valence-electron chi connectivity index (χ0n) is 10.1. The fourth-order valence-corrected chi connectivity index (χ4v) is 1.20. The van der Waals surface area contributed by atoms with Crippen molar-refractivity contribution in [3.8, 4) is 0 Å². The van der Waals surface area contributed by atoms with Gasteiger partial charge in [0, 0.05) is 0 Å². The molecule has 0 aromatic heterocycles. The molecule has 0 saturated heterocycles. The molecule has 0 atom stereocenters. The van der Waals surface area contributed by atoms with Crippen LogP contribution in [0.15, 0.2) is 34.3 Å². The van der Waals surface area contributed by atoms with Gasteiger partial charge in [0.25, 0.3) is 6.02 Å². The van der Waals surface area contributed by atoms with E-state index >= 15 is 0 Å². The van der Waals surface area contributed by atoms with Crippen molar-refractivity contribution >= 4 is 17.7 Å². The molecule has 19 heavy (non-hydrogen) atoms. The summed E-state index contributed by atoms with van der Waals surface area (Å²) in [5.41, 5.74) is 9.95. The number of amidine groups is 1. The van der Waals surface area contributed by atoms with Gasteiger partial charge in [-0.2, -0.15) is 18.2 Å². The average Bonchev–Trinajstić information content (AvgIpc) is 2.28. The van der Waals surface area contributed by atoms with Crippen LogP contribution in [0.2, 0.25) is 0 Å². The normalized spacial score (nSPS) is 13.5. The van der Waals surface area contributed by atoms with Crippen LogP contribution in [-0.4, -0.2) is 18.6 Å². The molecule has 1 aromatic carbocycles. The van der Waals surface area contributed by atoms with E-state index in [2.05, 4.69) is 9.98 Å². The van der Waals surface area contributed by atoms with Crippen LogP contribution in [0.25, 0.3) is 0 Å². The molecule has 0 aliphatic carbocycles. The fourth-order valence-electron chi connectivity index (χ4n) is 1.20. The van der Waals surface area contributed by atoms with E-state index in [0.717, 1.165) is 12.1 Å². The highest BCUT2D eigenvalue weighted by Gasteiger charge is 2.30. The minimum absolute atomic E-state index is 0.0281. The topological polar surface area (TPSA) is 86.0 Å². The Morgan fingerprint density at radius 3 is 2.58 bits per heavy atom. The third-order valence-corrected chi connectivity index (χ3v) is 1.93. The van der Waals surface area contributed by atoms with Crippen LogP contribution in [0.4, 0.5) is 18.9 Å². The van der Waals surface area contributed by atoms with E-state index in [4.69, 9.17) is 16.2 Å². The summed E-state index contributed by atoms with van der Waals surface area (Å²) in [6.45, 7) is 1.99. The fraction of sp³-hybridized carbons (Fsp3) is 0.273. The van der Waals surface area contributed by atoms with Crippen molar-refractivity contribution in [2.45, 2.75) is 13.1 Å². The van der Waals surface area contributed by atoms with E-state index < -0.39 is 11.7 Å². The van der Waals surface area contributed by atoms with Crippen molar-refractivity contribution in [3.05, 3.63) is 29.8 Å². The molecule has 0 radical (unpaired) electrons. The predicted octanol–water partition coefficient (Wildman–Crippen LogP) is 2.00. The Balaban J connectivity index is 2.96. The number of halogens is 3. The molecule has 1 rings (SSSR count). The molecule has 4 N–H and O–H groups in total. The number of alkyl halides is 3. The van der Waals surface area contributed by atoms with Gasteiger partial charge >= 0.3 is 6.18 Å². The number of hydrogen-bond acceptors (Lipinski definition) is 2. The van der Waals surface area contributed by atoms with E-state index in [9.17, 15) is 13.2 Å². The molecule has 0 aliphatic rings. The largest absolute Gasteiger partial charge is 0.465 e. The van der Waals surface area contributed by atoms with Gasteiger partial charge in [-0.05, 0) is 25.1 Å². The van der Waals surface area contributed by atoms with Crippen molar-refractivity contribution < 1.29 is 17.9 Å². The van der Waals surface area contributed by atoms with Crippen LogP contribution in [-0.2, 0) is 10.9 Å². The van der Waals surface area contributed by atoms with Gasteiger partial charge in [-0.1, -0.05) is 6.07 Å². The second-order valence-electron chi connectivity index (χ2n) is 3.40. The molecule has 0 saturated carbocycles. The van der Waals surface area contributed by atoms with Gasteiger partial charge in [0.2, 0.25) is 5.96 Å². The summed E-state index contributed by atoms with van der Waals surface area (Å²) in [6.07, 6.45) is -4.44. The maximum atomic E-state index is 12.5. The summed E-state index contributed by atoms with van der Waals surface area (Å²) in [5, 5.41) is 0. The smallest absolute Gasteiger partial charge is 0.416 e. The highest BCUT2D eigenvalue weighted by molar-refractivity contribution is 5.92. The van der Waals surface area contributed by atoms with Gasteiger partial charge in [-0.15, -0.1) is 0 Å². The average molecular weight is 274 g/mol. The highest BCUT2D eigenvalue weighted by Crippen LogP contribution is 2.31. The maximum Gasteiger partial charge on any atom is 0.416 e. The Morgan fingerprint density at radius 1 is 1.32 bits per heavy atom. The molecule has 104 valence electrons. The molecule has 1 aromatic rings. The zero-order chi connectivity index (χ0) is 14.5. The molecule has 0 unspecified atom stereocenters. The second-order valence-corrected chi connectivity index (χ2v) is 3.40. The lowest BCUT2D eigenvalue weighted by Crippen LogP contribution is -2.21. The maximum absolute atomic E-state index is 12.5. The van der Waals surface area contributed by atoms with Crippen molar-refractivity contribution in [3.63, 3.8) is 0 Å². The number of ether oxygens (including phenoxy) is 1. The lowest BCUT2D eigenvalue weighted by atomic mass is 10.2. The Bertz CT molecular complexity index is 497. The van der Waals surface area contributed by atoms with Crippen LogP contribution in [0.5, 0.6) is 0 Å². The Hall–Kier alpha value is -2.25. The van der Waals surface area contributed by atoms with E-state index in [-0.39, 0.29) is 17.7 Å². The first-order valence-electron chi connectivity index (χ1n) is 5.31. The molecule has 0 aliphatic heterocycles. The first kappa shape index (κ1) is 14.8. The molecular weight excluding hydrogens is 261 g/mol. The Morgan fingerprint density at radius 2 is 2.00 bits per heavy atom. The van der Waals surface area contributed by atoms with E-state index in [1.807, 2.05) is 0 Å². The van der Waals surface area contributed by atoms with Crippen molar-refractivity contribution in [1.29, 1.82) is 0 Å². The van der Waals surface area contributed by atoms with Gasteiger partial charge < -0.3 is 16.2 Å². The van der Waals surface area contributed by atoms with Crippen molar-refractivity contribution in [2.75, 3.05) is 6.61 Å². The highest BCUT2D eigenvalue weighted by atomic mass is 19.4. The van der Waals surface area contributed by atoms with Crippen LogP contribution < -0.4 is 11.5 Å². The summed E-state index contributed by atoms with van der Waals surface area (Å²) < 4.78 is 42.2. The number of aliphatic imine (C=N–C) groups is 2. The first-order chi connectivity index (χ1) is 8.82. The number of hydrogen-bond donors (Lipinski definition) is 2. The van der Waals surface area contributed by atoms with E-state index in [1.54, 1.807) is 6.92 Å². The molecule has 0 spiro atoms. The molecule has 8 heteroatoms. The van der Waals surface area contributed by atoms with Crippen LogP contribution in [0.3, 0.4) is 0 Å². The van der Waals surface area contributed by atoms with Crippen LogP contribution in [0, 0.1) is 0 Å². The number of nitrogens with zero attached hydrogens (tertiary/aromatic N) is 2. The number of nitrogens with two attached hydrogens (primary N) is 2. The van der Waals surface area contributed by atoms with Gasteiger partial charge in [-0.25, -0.2) is 4.99 Å². The van der Waals surface area contributed by atoms with E-state index in [1.165, 1.54) is 12.1 Å². The molecule has 0 amide bonds. The lowest BCUT2D eigenvalue weighted by molar-refractivity contribution is -0.137. The van der Waals surface area contributed by atoms with Gasteiger partial charge in [0.1, 0.15) is 0 Å². The molecule has 0 fully saturated rings. The number of guanidine groups is 1. The second kappa shape index (κ2) is 6.07. The first-order valence-corrected chi connectivity index (χ1v) is 5.31. The van der Waals surface area contributed by atoms with Crippen molar-refractivity contribution in [2.24, 2.45) is 21.5 Å². The summed E-state index contributed by atoms with van der Waals surface area (Å²) in [5.74, 6) is -0.287. The quantitative estimate of drug-likeness (QED) is 0.639. The Labute approximate surface area is 107 Å². The van der Waals surface area contributed by atoms with E-state index in [0.29, 0.717) is 6.61 Å². The monoisotopic (exact) mass is 274 g/mol. The molecular formula is C11H13F3N4O. The molecule has 5 nitrogen and oxygen atoms in total. The minimum Gasteiger partial charge on any atom is -0.465 e. The van der Waals surface area contributed by atoms with Gasteiger partial charge in [-0.3, -0.25) is 0 Å². The summed E-state index contributed by atoms with van der Waals surface area (Å²) >= 11 is 0. The van der Waals surface area contributed by atoms with Gasteiger partial charge in [0.05, 0.1) is 17.9 Å². The summed E-state index contributed by atoms with van der Waals surface area (Å²) in [7, 11) is 0. The van der Waals surface area contributed by atoms with Crippen molar-refractivity contribution in [1.82, 2.24) is 0 Å². The molecule has 0 heterocycles. The summed E-state index contributed by atoms with van der Waals surface area (Å²) in [4.78, 5) is 7.27. The third kappa shape index (κ3) is 4.86. The van der Waals surface area contributed by atoms with Crippen LogP contribution >= 0.6 is 0 Å². The molecule has 0 bridgehead atoms. The SMILES string of the molecule is CCOC(N)=NC(N)=Nc1cccc(C(F)(F)F)c1. The third-order valence-electron chi connectivity index (χ3n) is 1.93. The summed E-state index contributed by atoms with van der Waals surface area (Å²) in [6, 6.07) is 4.20. The predicted molar refractivity (Wildman–Crippen MR) is 66.0 cm³/mol. The van der Waals surface area contributed by atoms with Crippen LogP contribution in [0.1, 0.15) is 12.5 Å².